The number of oxazole rings is 1. The van der Waals surface area contributed by atoms with Gasteiger partial charge in [0.05, 0.1) is 23.8 Å². The molecule has 1 aliphatic rings. The number of benzene rings is 1. The third-order valence-electron chi connectivity index (χ3n) is 5.51. The molecule has 31 heavy (non-hydrogen) atoms. The van der Waals surface area contributed by atoms with Gasteiger partial charge in [-0.05, 0) is 55.8 Å². The van der Waals surface area contributed by atoms with Crippen molar-refractivity contribution >= 4 is 16.7 Å². The third kappa shape index (κ3) is 4.20. The van der Waals surface area contributed by atoms with Crippen LogP contribution in [0.1, 0.15) is 40.8 Å². The monoisotopic (exact) mass is 417 g/mol. The van der Waals surface area contributed by atoms with Gasteiger partial charge in [0.15, 0.2) is 11.7 Å². The molecule has 8 heteroatoms. The van der Waals surface area contributed by atoms with Crippen LogP contribution in [0.15, 0.2) is 53.4 Å². The number of carbonyl (C=O) groups is 1. The first-order valence-electron chi connectivity index (χ1n) is 10.2. The highest BCUT2D eigenvalue weighted by Crippen LogP contribution is 2.26. The maximum Gasteiger partial charge on any atom is 0.197 e. The van der Waals surface area contributed by atoms with Crippen LogP contribution in [0.25, 0.3) is 22.0 Å². The van der Waals surface area contributed by atoms with E-state index >= 15 is 0 Å². The topological polar surface area (TPSA) is 93.8 Å². The number of nitrogens with one attached hydrogen (secondary N) is 1. The molecule has 0 aliphatic carbocycles. The minimum absolute atomic E-state index is 0.0763. The Balaban J connectivity index is 1.36. The first-order chi connectivity index (χ1) is 15.2. The van der Waals surface area contributed by atoms with Gasteiger partial charge in [-0.3, -0.25) is 9.78 Å². The molecule has 0 spiro atoms. The summed E-state index contributed by atoms with van der Waals surface area (Å²) >= 11 is 0. The Kier molecular flexibility index (Phi) is 5.21. The molecular weight excluding hydrogens is 397 g/mol. The first-order valence-corrected chi connectivity index (χ1v) is 10.2. The van der Waals surface area contributed by atoms with Gasteiger partial charge in [-0.25, -0.2) is 9.37 Å². The summed E-state index contributed by atoms with van der Waals surface area (Å²) in [7, 11) is 0. The lowest BCUT2D eigenvalue weighted by atomic mass is 9.98. The predicted octanol–water partition coefficient (Wildman–Crippen LogP) is 3.71. The van der Waals surface area contributed by atoms with E-state index in [1.54, 1.807) is 6.20 Å². The second-order valence-electron chi connectivity index (χ2n) is 7.70. The lowest BCUT2D eigenvalue weighted by molar-refractivity contribution is 0.0987. The van der Waals surface area contributed by atoms with Crippen LogP contribution >= 0.6 is 0 Å². The number of ketones is 1. The highest BCUT2D eigenvalue weighted by atomic mass is 19.1. The molecule has 156 valence electrons. The fraction of sp³-hybridized carbons (Fsp3) is 0.261. The standard InChI is InChI=1S/C23H20FN5O2/c24-18-8-17(11-26-12-18)15-1-2-20-16(7-15)9-19(28-29-20)10-22(30)21-13-31-23(27-21)14-3-5-25-6-4-14/h1-2,7-9,11-14,25H,3-6,10H2. The number of Topliss-reactive ketones (excluding diaryl/α,β-unsaturated/α-hetero) is 1. The van der Waals surface area contributed by atoms with Crippen LogP contribution in [0.5, 0.6) is 0 Å². The number of piperidine rings is 1. The van der Waals surface area contributed by atoms with Crippen LogP contribution in [0.4, 0.5) is 4.39 Å². The van der Waals surface area contributed by atoms with Crippen molar-refractivity contribution in [1.29, 1.82) is 0 Å². The number of fused-ring (bicyclic) bond motifs is 1. The Bertz CT molecular complexity index is 1250. The summed E-state index contributed by atoms with van der Waals surface area (Å²) in [5.74, 6) is 0.318. The molecule has 1 aliphatic heterocycles. The SMILES string of the molecule is O=C(Cc1cc2cc(-c3cncc(F)c3)ccc2nn1)c1coc(C2CCNCC2)n1. The van der Waals surface area contributed by atoms with Crippen molar-refractivity contribution in [3.05, 3.63) is 72.1 Å². The molecule has 5 rings (SSSR count). The van der Waals surface area contributed by atoms with Crippen LogP contribution in [0.3, 0.4) is 0 Å². The summed E-state index contributed by atoms with van der Waals surface area (Å²) in [6.45, 7) is 1.85. The molecule has 1 aromatic carbocycles. The van der Waals surface area contributed by atoms with Crippen LogP contribution in [-0.2, 0) is 6.42 Å². The summed E-state index contributed by atoms with van der Waals surface area (Å²) in [6, 6.07) is 8.80. The van der Waals surface area contributed by atoms with Gasteiger partial charge in [-0.15, -0.1) is 0 Å². The van der Waals surface area contributed by atoms with Crippen molar-refractivity contribution in [1.82, 2.24) is 25.5 Å². The molecule has 0 saturated carbocycles. The van der Waals surface area contributed by atoms with Gasteiger partial charge < -0.3 is 9.73 Å². The van der Waals surface area contributed by atoms with E-state index in [1.165, 1.54) is 18.5 Å². The van der Waals surface area contributed by atoms with Crippen LogP contribution in [0.2, 0.25) is 0 Å². The number of pyridine rings is 1. The zero-order valence-electron chi connectivity index (χ0n) is 16.7. The van der Waals surface area contributed by atoms with Gasteiger partial charge in [-0.1, -0.05) is 6.07 Å². The largest absolute Gasteiger partial charge is 0.448 e. The molecule has 0 atom stereocenters. The molecule has 4 heterocycles. The Morgan fingerprint density at radius 1 is 1.10 bits per heavy atom. The van der Waals surface area contributed by atoms with E-state index in [-0.39, 0.29) is 18.1 Å². The fourth-order valence-electron chi connectivity index (χ4n) is 3.85. The van der Waals surface area contributed by atoms with Gasteiger partial charge in [0.25, 0.3) is 0 Å². The third-order valence-corrected chi connectivity index (χ3v) is 5.51. The van der Waals surface area contributed by atoms with Gasteiger partial charge in [-0.2, -0.15) is 10.2 Å². The van der Waals surface area contributed by atoms with E-state index in [1.807, 2.05) is 24.3 Å². The van der Waals surface area contributed by atoms with Gasteiger partial charge >= 0.3 is 0 Å². The van der Waals surface area contributed by atoms with Gasteiger partial charge in [0.1, 0.15) is 17.8 Å². The Hall–Kier alpha value is -3.52. The zero-order valence-corrected chi connectivity index (χ0v) is 16.7. The summed E-state index contributed by atoms with van der Waals surface area (Å²) < 4.78 is 19.1. The van der Waals surface area contributed by atoms with E-state index in [0.717, 1.165) is 36.9 Å². The number of hydrogen-bond acceptors (Lipinski definition) is 7. The molecule has 1 N–H and O–H groups in total. The van der Waals surface area contributed by atoms with Crippen molar-refractivity contribution in [2.24, 2.45) is 0 Å². The van der Waals surface area contributed by atoms with Crippen LogP contribution < -0.4 is 5.32 Å². The summed E-state index contributed by atoms with van der Waals surface area (Å²) in [6.07, 6.45) is 6.19. The average Bonchev–Trinajstić information content (AvgIpc) is 3.30. The highest BCUT2D eigenvalue weighted by molar-refractivity contribution is 5.95. The Labute approximate surface area is 177 Å². The molecule has 0 unspecified atom stereocenters. The van der Waals surface area contributed by atoms with E-state index in [9.17, 15) is 9.18 Å². The van der Waals surface area contributed by atoms with Crippen molar-refractivity contribution in [3.63, 3.8) is 0 Å². The number of carbonyl (C=O) groups excluding carboxylic acids is 1. The molecule has 0 bridgehead atoms. The Morgan fingerprint density at radius 3 is 2.81 bits per heavy atom. The van der Waals surface area contributed by atoms with Crippen molar-refractivity contribution in [2.45, 2.75) is 25.2 Å². The second kappa shape index (κ2) is 8.31. The van der Waals surface area contributed by atoms with Crippen LogP contribution in [0, 0.1) is 5.82 Å². The molecule has 7 nitrogen and oxygen atoms in total. The second-order valence-corrected chi connectivity index (χ2v) is 7.70. The first kappa shape index (κ1) is 19.4. The minimum Gasteiger partial charge on any atom is -0.448 e. The van der Waals surface area contributed by atoms with Crippen molar-refractivity contribution < 1.29 is 13.6 Å². The molecule has 1 saturated heterocycles. The molecule has 3 aromatic heterocycles. The number of rotatable bonds is 5. The quantitative estimate of drug-likeness (QED) is 0.495. The number of nitrogens with zero attached hydrogens (tertiary/aromatic N) is 4. The fourth-order valence-corrected chi connectivity index (χ4v) is 3.85. The van der Waals surface area contributed by atoms with Crippen LogP contribution in [-0.4, -0.2) is 39.0 Å². The maximum absolute atomic E-state index is 13.5. The zero-order chi connectivity index (χ0) is 21.2. The average molecular weight is 417 g/mol. The number of aromatic nitrogens is 4. The number of halogens is 1. The molecular formula is C23H20FN5O2. The predicted molar refractivity (Wildman–Crippen MR) is 112 cm³/mol. The normalized spacial score (nSPS) is 14.7. The van der Waals surface area contributed by atoms with E-state index in [2.05, 4.69) is 25.5 Å². The van der Waals surface area contributed by atoms with Gasteiger partial charge in [0.2, 0.25) is 0 Å². The Morgan fingerprint density at radius 2 is 1.97 bits per heavy atom. The minimum atomic E-state index is -0.395. The van der Waals surface area contributed by atoms with Gasteiger partial charge in [0, 0.05) is 23.1 Å². The van der Waals surface area contributed by atoms with E-state index in [4.69, 9.17) is 4.42 Å². The van der Waals surface area contributed by atoms with E-state index < -0.39 is 5.82 Å². The lowest BCUT2D eigenvalue weighted by Crippen LogP contribution is -2.26. The van der Waals surface area contributed by atoms with E-state index in [0.29, 0.717) is 28.4 Å². The maximum atomic E-state index is 13.5. The molecule has 0 amide bonds. The van der Waals surface area contributed by atoms with Crippen molar-refractivity contribution in [2.75, 3.05) is 13.1 Å². The highest BCUT2D eigenvalue weighted by Gasteiger charge is 2.22. The molecule has 4 aromatic rings. The summed E-state index contributed by atoms with van der Waals surface area (Å²) in [5.41, 5.74) is 3.03. The smallest absolute Gasteiger partial charge is 0.197 e. The molecule has 1 fully saturated rings. The lowest BCUT2D eigenvalue weighted by Gasteiger charge is -2.19. The summed E-state index contributed by atoms with van der Waals surface area (Å²) in [5, 5.41) is 12.5. The number of hydrogen-bond donors (Lipinski definition) is 1. The summed E-state index contributed by atoms with van der Waals surface area (Å²) in [4.78, 5) is 21.0. The van der Waals surface area contributed by atoms with Crippen molar-refractivity contribution in [3.8, 4) is 11.1 Å². The molecule has 0 radical (unpaired) electrons.